The molecule has 1 heterocycles. The third-order valence-corrected chi connectivity index (χ3v) is 2.88. The van der Waals surface area contributed by atoms with E-state index in [0.29, 0.717) is 5.92 Å². The Morgan fingerprint density at radius 1 is 1.33 bits per heavy atom. The van der Waals surface area contributed by atoms with Crippen LogP contribution in [0.3, 0.4) is 0 Å². The summed E-state index contributed by atoms with van der Waals surface area (Å²) in [5, 5.41) is 6.15. The van der Waals surface area contributed by atoms with Gasteiger partial charge in [-0.15, -0.1) is 0 Å². The van der Waals surface area contributed by atoms with Crippen molar-refractivity contribution < 1.29 is 9.21 Å². The fourth-order valence-corrected chi connectivity index (χ4v) is 1.71. The van der Waals surface area contributed by atoms with Crippen molar-refractivity contribution in [3.63, 3.8) is 0 Å². The summed E-state index contributed by atoms with van der Waals surface area (Å²) in [5.74, 6) is 1.49. The van der Waals surface area contributed by atoms with E-state index in [0.717, 1.165) is 18.7 Å². The van der Waals surface area contributed by atoms with Gasteiger partial charge in [0.05, 0.1) is 18.3 Å². The van der Waals surface area contributed by atoms with E-state index < -0.39 is 0 Å². The average Bonchev–Trinajstić information content (AvgIpc) is 2.81. The zero-order valence-electron chi connectivity index (χ0n) is 11.7. The van der Waals surface area contributed by atoms with Gasteiger partial charge in [-0.05, 0) is 38.3 Å². The fourth-order valence-electron chi connectivity index (χ4n) is 1.71. The number of carbonyl (C=O) groups excluding carboxylic acids is 1. The summed E-state index contributed by atoms with van der Waals surface area (Å²) in [6.07, 6.45) is 2.65. The Kier molecular flexibility index (Phi) is 5.92. The third-order valence-electron chi connectivity index (χ3n) is 2.88. The van der Waals surface area contributed by atoms with Crippen LogP contribution in [-0.4, -0.2) is 18.5 Å². The summed E-state index contributed by atoms with van der Waals surface area (Å²) < 4.78 is 5.29. The quantitative estimate of drug-likeness (QED) is 0.784. The Hall–Kier alpha value is -1.29. The average molecular weight is 252 g/mol. The van der Waals surface area contributed by atoms with Crippen LogP contribution in [0.1, 0.15) is 45.9 Å². The zero-order valence-corrected chi connectivity index (χ0v) is 11.7. The smallest absolute Gasteiger partial charge is 0.236 e. The molecule has 2 N–H and O–H groups in total. The Labute approximate surface area is 109 Å². The van der Waals surface area contributed by atoms with Crippen molar-refractivity contribution in [1.29, 1.82) is 0 Å². The molecule has 1 aromatic rings. The first kappa shape index (κ1) is 14.8. The van der Waals surface area contributed by atoms with Crippen LogP contribution in [-0.2, 0) is 4.79 Å². The van der Waals surface area contributed by atoms with Gasteiger partial charge in [0.15, 0.2) is 0 Å². The lowest BCUT2D eigenvalue weighted by atomic mass is 10.1. The molecule has 4 heteroatoms. The number of nitrogens with one attached hydrogen (secondary N) is 2. The van der Waals surface area contributed by atoms with Crippen LogP contribution in [0.4, 0.5) is 0 Å². The monoisotopic (exact) mass is 252 g/mol. The van der Waals surface area contributed by atoms with Crippen LogP contribution in [0, 0.1) is 5.92 Å². The van der Waals surface area contributed by atoms with E-state index in [4.69, 9.17) is 4.42 Å². The molecular formula is C14H24N2O2. The second-order valence-corrected chi connectivity index (χ2v) is 5.10. The predicted molar refractivity (Wildman–Crippen MR) is 72.2 cm³/mol. The van der Waals surface area contributed by atoms with Crippen LogP contribution in [0.15, 0.2) is 22.8 Å². The maximum Gasteiger partial charge on any atom is 0.236 e. The molecule has 0 radical (unpaired) electrons. The van der Waals surface area contributed by atoms with Crippen LogP contribution >= 0.6 is 0 Å². The molecule has 0 aliphatic carbocycles. The minimum atomic E-state index is -0.225. The highest BCUT2D eigenvalue weighted by Crippen LogP contribution is 2.12. The molecule has 18 heavy (non-hydrogen) atoms. The maximum atomic E-state index is 11.8. The highest BCUT2D eigenvalue weighted by atomic mass is 16.3. The van der Waals surface area contributed by atoms with E-state index in [1.54, 1.807) is 6.26 Å². The number of hydrogen-bond donors (Lipinski definition) is 2. The van der Waals surface area contributed by atoms with Crippen LogP contribution < -0.4 is 10.6 Å². The molecular weight excluding hydrogens is 228 g/mol. The van der Waals surface area contributed by atoms with E-state index in [1.165, 1.54) is 0 Å². The Morgan fingerprint density at radius 2 is 2.06 bits per heavy atom. The van der Waals surface area contributed by atoms with E-state index in [1.807, 2.05) is 26.0 Å². The summed E-state index contributed by atoms with van der Waals surface area (Å²) in [6.45, 7) is 8.87. The lowest BCUT2D eigenvalue weighted by Gasteiger charge is -2.18. The topological polar surface area (TPSA) is 54.3 Å². The van der Waals surface area contributed by atoms with E-state index in [-0.39, 0.29) is 18.0 Å². The van der Waals surface area contributed by atoms with Gasteiger partial charge in [0.2, 0.25) is 5.91 Å². The van der Waals surface area contributed by atoms with E-state index >= 15 is 0 Å². The van der Waals surface area contributed by atoms with E-state index in [2.05, 4.69) is 24.5 Å². The summed E-state index contributed by atoms with van der Waals surface area (Å²) >= 11 is 0. The molecule has 2 atom stereocenters. The van der Waals surface area contributed by atoms with Gasteiger partial charge in [0.1, 0.15) is 5.76 Å². The SMILES string of the molecule is CC(C)CCNC(=O)C(C)N[C@H](C)c1ccco1. The first-order chi connectivity index (χ1) is 8.50. The van der Waals surface area contributed by atoms with Crippen molar-refractivity contribution in [3.05, 3.63) is 24.2 Å². The van der Waals surface area contributed by atoms with Crippen molar-refractivity contribution in [2.45, 2.75) is 46.2 Å². The number of rotatable bonds is 7. The van der Waals surface area contributed by atoms with Crippen molar-refractivity contribution in [2.75, 3.05) is 6.54 Å². The second-order valence-electron chi connectivity index (χ2n) is 5.10. The molecule has 1 unspecified atom stereocenters. The third kappa shape index (κ3) is 4.92. The molecule has 0 aliphatic rings. The lowest BCUT2D eigenvalue weighted by Crippen LogP contribution is -2.43. The predicted octanol–water partition coefficient (Wildman–Crippen LogP) is 2.48. The fraction of sp³-hybridized carbons (Fsp3) is 0.643. The molecule has 0 fully saturated rings. The summed E-state index contributed by atoms with van der Waals surface area (Å²) in [5.41, 5.74) is 0. The van der Waals surface area contributed by atoms with Gasteiger partial charge in [-0.1, -0.05) is 13.8 Å². The summed E-state index contributed by atoms with van der Waals surface area (Å²) in [7, 11) is 0. The second kappa shape index (κ2) is 7.21. The summed E-state index contributed by atoms with van der Waals surface area (Å²) in [6, 6.07) is 3.56. The molecule has 1 aromatic heterocycles. The highest BCUT2D eigenvalue weighted by Gasteiger charge is 2.17. The van der Waals surface area contributed by atoms with Crippen LogP contribution in [0.5, 0.6) is 0 Å². The van der Waals surface area contributed by atoms with Crippen molar-refractivity contribution in [3.8, 4) is 0 Å². The zero-order chi connectivity index (χ0) is 13.5. The normalized spacial score (nSPS) is 14.5. The largest absolute Gasteiger partial charge is 0.468 e. The molecule has 0 spiro atoms. The number of carbonyl (C=O) groups is 1. The van der Waals surface area contributed by atoms with Crippen molar-refractivity contribution in [1.82, 2.24) is 10.6 Å². The van der Waals surface area contributed by atoms with Gasteiger partial charge >= 0.3 is 0 Å². The summed E-state index contributed by atoms with van der Waals surface area (Å²) in [4.78, 5) is 11.8. The first-order valence-electron chi connectivity index (χ1n) is 6.58. The van der Waals surface area contributed by atoms with Gasteiger partial charge in [-0.25, -0.2) is 0 Å². The van der Waals surface area contributed by atoms with Crippen molar-refractivity contribution >= 4 is 5.91 Å². The Morgan fingerprint density at radius 3 is 2.61 bits per heavy atom. The van der Waals surface area contributed by atoms with Gasteiger partial charge in [-0.3, -0.25) is 10.1 Å². The molecule has 1 amide bonds. The minimum Gasteiger partial charge on any atom is -0.468 e. The maximum absolute atomic E-state index is 11.8. The number of amides is 1. The molecule has 0 bridgehead atoms. The molecule has 0 saturated heterocycles. The molecule has 0 saturated carbocycles. The lowest BCUT2D eigenvalue weighted by molar-refractivity contribution is -0.123. The Bertz CT molecular complexity index is 347. The highest BCUT2D eigenvalue weighted by molar-refractivity contribution is 5.81. The minimum absolute atomic E-state index is 0.0332. The van der Waals surface area contributed by atoms with Gasteiger partial charge in [0.25, 0.3) is 0 Å². The van der Waals surface area contributed by atoms with Gasteiger partial charge in [-0.2, -0.15) is 0 Å². The molecule has 1 rings (SSSR count). The molecule has 102 valence electrons. The van der Waals surface area contributed by atoms with Gasteiger partial charge < -0.3 is 9.73 Å². The number of hydrogen-bond acceptors (Lipinski definition) is 3. The van der Waals surface area contributed by atoms with Crippen LogP contribution in [0.2, 0.25) is 0 Å². The van der Waals surface area contributed by atoms with Crippen molar-refractivity contribution in [2.24, 2.45) is 5.92 Å². The van der Waals surface area contributed by atoms with Crippen LogP contribution in [0.25, 0.3) is 0 Å². The first-order valence-corrected chi connectivity index (χ1v) is 6.58. The van der Waals surface area contributed by atoms with E-state index in [9.17, 15) is 4.79 Å². The van der Waals surface area contributed by atoms with Gasteiger partial charge in [0, 0.05) is 6.54 Å². The number of furan rings is 1. The molecule has 0 aromatic carbocycles. The standard InChI is InChI=1S/C14H24N2O2/c1-10(2)7-8-15-14(17)12(4)16-11(3)13-6-5-9-18-13/h5-6,9-12,16H,7-8H2,1-4H3,(H,15,17)/t11-,12?/m1/s1. The molecule has 0 aliphatic heterocycles. The Balaban J connectivity index is 2.31. The molecule has 4 nitrogen and oxygen atoms in total.